The van der Waals surface area contributed by atoms with Gasteiger partial charge in [-0.15, -0.1) is 0 Å². The van der Waals surface area contributed by atoms with Crippen molar-refractivity contribution in [1.29, 1.82) is 0 Å². The van der Waals surface area contributed by atoms with Crippen molar-refractivity contribution in [3.8, 4) is 0 Å². The maximum absolute atomic E-state index is 14.5. The number of likely N-dealkylation sites (tertiary alicyclic amines) is 1. The molecule has 0 bridgehead atoms. The molecule has 3 aromatic carbocycles. The van der Waals surface area contributed by atoms with E-state index in [4.69, 9.17) is 5.73 Å². The van der Waals surface area contributed by atoms with Crippen LogP contribution in [-0.2, 0) is 59.1 Å². The van der Waals surface area contributed by atoms with Gasteiger partial charge in [0.2, 0.25) is 35.4 Å². The molecule has 6 atom stereocenters. The number of carbonyl (C=O) groups is 8. The maximum Gasteiger partial charge on any atom is 0.396 e. The van der Waals surface area contributed by atoms with Crippen LogP contribution < -0.4 is 31.9 Å². The number of aromatic nitrogens is 1. The fourth-order valence-corrected chi connectivity index (χ4v) is 10.2. The normalized spacial score (nSPS) is 19.5. The van der Waals surface area contributed by atoms with Crippen LogP contribution in [0.3, 0.4) is 0 Å². The summed E-state index contributed by atoms with van der Waals surface area (Å²) in [6.07, 6.45) is 2.34. The van der Waals surface area contributed by atoms with Gasteiger partial charge in [-0.2, -0.15) is 0 Å². The number of nitrogens with one attached hydrogen (secondary N) is 5. The van der Waals surface area contributed by atoms with Crippen molar-refractivity contribution in [3.63, 3.8) is 0 Å². The predicted molar refractivity (Wildman–Crippen MR) is 265 cm³/mol. The van der Waals surface area contributed by atoms with Crippen LogP contribution in [0.5, 0.6) is 0 Å². The van der Waals surface area contributed by atoms with Gasteiger partial charge < -0.3 is 51.8 Å². The molecular formula is C51H63N8O12P. The Labute approximate surface area is 416 Å². The van der Waals surface area contributed by atoms with E-state index in [-0.39, 0.29) is 74.3 Å². The van der Waals surface area contributed by atoms with Gasteiger partial charge in [-0.05, 0) is 104 Å². The highest BCUT2D eigenvalue weighted by molar-refractivity contribution is 7.70. The van der Waals surface area contributed by atoms with Gasteiger partial charge in [-0.3, -0.25) is 47.8 Å². The van der Waals surface area contributed by atoms with Gasteiger partial charge in [0.05, 0.1) is 11.8 Å². The number of hydrogen-bond donors (Lipinski definition) is 9. The van der Waals surface area contributed by atoms with E-state index >= 15 is 0 Å². The summed E-state index contributed by atoms with van der Waals surface area (Å²) in [5.41, 5.74) is 7.52. The summed E-state index contributed by atoms with van der Waals surface area (Å²) in [6.45, 7) is 7.90. The first kappa shape index (κ1) is 53.1. The molecule has 0 spiro atoms. The highest BCUT2D eigenvalue weighted by Crippen LogP contribution is 2.41. The number of nitrogens with zero attached hydrogens (tertiary/aromatic N) is 2. The Morgan fingerprint density at radius 2 is 1.64 bits per heavy atom. The van der Waals surface area contributed by atoms with Crippen molar-refractivity contribution in [2.45, 2.75) is 135 Å². The summed E-state index contributed by atoms with van der Waals surface area (Å²) in [6, 6.07) is 14.0. The molecule has 1 saturated heterocycles. The minimum atomic E-state index is -5.06. The van der Waals surface area contributed by atoms with Crippen LogP contribution in [0.25, 0.3) is 10.9 Å². The number of aliphatic hydroxyl groups excluding tert-OH is 1. The van der Waals surface area contributed by atoms with Crippen LogP contribution in [0.15, 0.2) is 66.7 Å². The summed E-state index contributed by atoms with van der Waals surface area (Å²) in [7, 11) is -5.06. The summed E-state index contributed by atoms with van der Waals surface area (Å²) >= 11 is 0. The molecule has 4 heterocycles. The van der Waals surface area contributed by atoms with Crippen LogP contribution in [0, 0.1) is 5.41 Å². The molecule has 1 aromatic heterocycles. The number of fused-ring (bicyclic) bond motifs is 1. The van der Waals surface area contributed by atoms with E-state index in [0.717, 1.165) is 22.3 Å². The summed E-state index contributed by atoms with van der Waals surface area (Å²) in [4.78, 5) is 131. The number of anilines is 1. The molecule has 4 aromatic rings. The third-order valence-corrected chi connectivity index (χ3v) is 14.3. The lowest BCUT2D eigenvalue weighted by molar-refractivity contribution is -0.140. The minimum Gasteiger partial charge on any atom is -0.391 e. The van der Waals surface area contributed by atoms with Crippen molar-refractivity contribution in [2.75, 3.05) is 11.4 Å². The van der Waals surface area contributed by atoms with Gasteiger partial charge in [0, 0.05) is 54.9 Å². The Hall–Kier alpha value is -6.73. The van der Waals surface area contributed by atoms with Gasteiger partial charge in [-0.1, -0.05) is 63.2 Å². The Morgan fingerprint density at radius 1 is 0.917 bits per heavy atom. The number of amides is 7. The molecule has 3 aliphatic rings. The van der Waals surface area contributed by atoms with Gasteiger partial charge in [0.25, 0.3) is 11.4 Å². The van der Waals surface area contributed by atoms with Crippen LogP contribution in [0.1, 0.15) is 116 Å². The molecule has 21 heteroatoms. The summed E-state index contributed by atoms with van der Waals surface area (Å²) < 4.78 is 11.6. The molecule has 0 aliphatic carbocycles. The molecule has 0 saturated carbocycles. The number of rotatable bonds is 19. The molecule has 20 nitrogen and oxygen atoms in total. The first-order valence-corrected chi connectivity index (χ1v) is 25.8. The highest BCUT2D eigenvalue weighted by Gasteiger charge is 2.45. The number of carbonyl (C=O) groups excluding carboxylic acids is 8. The van der Waals surface area contributed by atoms with Crippen LogP contribution in [0.4, 0.5) is 5.69 Å². The van der Waals surface area contributed by atoms with Crippen LogP contribution in [-0.4, -0.2) is 115 Å². The number of nitrogens with two attached hydrogens (primary N) is 1. The largest absolute Gasteiger partial charge is 0.396 e. The first-order valence-electron chi connectivity index (χ1n) is 24.2. The standard InChI is InChI=1S/C51H63N8O12P/c1-28-21-35(60)27-58(28)49(67)44(51(2,3)4)57-42(62)14-6-5-9-29-10-7-11-30(22-29)26-53-45(63)37(19-20-41(52)61)55-47(65)40-25-32-13-8-12-31-15-18-38(48(66)59(40)43(31)32)56-46(64)39-24-34-23-33(16-17-36(34)54-39)50(68)72(69,70)71/h7-8,10-13,16-17,22-24,28,35,37-38,40,44,54,60H,5-6,9,14-15,18-21,25-27H2,1-4H3,(H2,52,61)(H,53,63)(H,55,65)(H,56,64)(H,57,62)(H2,69,70,71)/t28?,35-,37-,38-,40-,44-/m0/s1. The third kappa shape index (κ3) is 12.5. The zero-order chi connectivity index (χ0) is 52.2. The zero-order valence-corrected chi connectivity index (χ0v) is 41.6. The van der Waals surface area contributed by atoms with Crippen molar-refractivity contribution < 1.29 is 57.8 Å². The zero-order valence-electron chi connectivity index (χ0n) is 40.7. The fraction of sp³-hybridized carbons (Fsp3) is 0.451. The van der Waals surface area contributed by atoms with Gasteiger partial charge in [0.15, 0.2) is 0 Å². The number of aryl methyl sites for hydroxylation is 2. The average Bonchev–Trinajstić information content (AvgIpc) is 4.01. The molecule has 7 rings (SSSR count). The quantitative estimate of drug-likeness (QED) is 0.0484. The average molecular weight is 1010 g/mol. The number of aromatic amines is 1. The van der Waals surface area contributed by atoms with Crippen molar-refractivity contribution >= 4 is 71.1 Å². The number of para-hydroxylation sites is 1. The fourth-order valence-electron chi connectivity index (χ4n) is 9.77. The number of aliphatic hydroxyl groups is 1. The molecule has 1 unspecified atom stereocenters. The molecule has 3 aliphatic heterocycles. The van der Waals surface area contributed by atoms with Gasteiger partial charge >= 0.3 is 7.60 Å². The first-order chi connectivity index (χ1) is 34.0. The Balaban J connectivity index is 0.956. The summed E-state index contributed by atoms with van der Waals surface area (Å²) in [5.74, 6) is -3.59. The number of primary amides is 1. The van der Waals surface area contributed by atoms with Crippen molar-refractivity contribution in [2.24, 2.45) is 11.1 Å². The summed E-state index contributed by atoms with van der Waals surface area (Å²) in [5, 5.41) is 21.8. The molecule has 1 fully saturated rings. The Kier molecular flexibility index (Phi) is 16.2. The van der Waals surface area contributed by atoms with E-state index in [1.54, 1.807) is 11.0 Å². The van der Waals surface area contributed by atoms with E-state index < -0.39 is 78.3 Å². The lowest BCUT2D eigenvalue weighted by atomic mass is 9.85. The van der Waals surface area contributed by atoms with Crippen LogP contribution >= 0.6 is 7.60 Å². The van der Waals surface area contributed by atoms with Crippen LogP contribution in [0.2, 0.25) is 0 Å². The lowest BCUT2D eigenvalue weighted by Crippen LogP contribution is -2.57. The van der Waals surface area contributed by atoms with Gasteiger partial charge in [-0.25, -0.2) is 0 Å². The molecular weight excluding hydrogens is 948 g/mol. The lowest BCUT2D eigenvalue weighted by Gasteiger charge is -2.35. The number of unbranched alkanes of at least 4 members (excludes halogenated alkanes) is 1. The number of H-pyrrole nitrogens is 1. The second-order valence-corrected chi connectivity index (χ2v) is 21.7. The number of benzene rings is 3. The monoisotopic (exact) mass is 1010 g/mol. The molecule has 7 amide bonds. The number of β-amino-alcohol motifs (C(OH)–C–C–N with tert-alkyl or cyclic N) is 1. The Morgan fingerprint density at radius 3 is 2.33 bits per heavy atom. The van der Waals surface area contributed by atoms with E-state index in [9.17, 15) is 57.8 Å². The molecule has 10 N–H and O–H groups in total. The smallest absolute Gasteiger partial charge is 0.391 e. The second-order valence-electron chi connectivity index (χ2n) is 20.2. The molecule has 384 valence electrons. The van der Waals surface area contributed by atoms with E-state index in [2.05, 4.69) is 26.3 Å². The SMILES string of the molecule is CC1C[C@H](O)CN1C(=O)[C@H](NC(=O)CCCCc1cccc(CNC(=O)[C@H](CCC(N)=O)NC(=O)[C@@H]2Cc3cccc4c3N2C(=O)[C@@H](NC(=O)c2cc3cc(C(=O)P(=O)(O)O)ccc3[nH]2)CC4)c1)C(C)(C)C. The van der Waals surface area contributed by atoms with E-state index in [1.165, 1.54) is 29.2 Å². The van der Waals surface area contributed by atoms with E-state index in [0.29, 0.717) is 48.7 Å². The molecule has 0 radical (unpaired) electrons. The van der Waals surface area contributed by atoms with Crippen molar-refractivity contribution in [3.05, 3.63) is 100 Å². The third-order valence-electron chi connectivity index (χ3n) is 13.5. The maximum atomic E-state index is 14.5. The predicted octanol–water partition coefficient (Wildman–Crippen LogP) is 2.78. The van der Waals surface area contributed by atoms with E-state index in [1.807, 2.05) is 64.1 Å². The highest BCUT2D eigenvalue weighted by atomic mass is 31.2. The second kappa shape index (κ2) is 21.9. The topological polar surface area (TPSA) is 311 Å². The van der Waals surface area contributed by atoms with Gasteiger partial charge in [0.1, 0.15) is 29.9 Å². The Bertz CT molecular complexity index is 2840. The molecule has 72 heavy (non-hydrogen) atoms. The minimum absolute atomic E-state index is 0.0142. The van der Waals surface area contributed by atoms with Crippen molar-refractivity contribution in [1.82, 2.24) is 31.2 Å². The number of hydrogen-bond acceptors (Lipinski definition) is 10.